The number of alkyl halides is 3. The fraction of sp³-hybridized carbons (Fsp3) is 0.364. The number of hydrogen-bond donors (Lipinski definition) is 3. The number of hydrogen-bond acceptors (Lipinski definition) is 6. The molecule has 0 saturated carbocycles. The number of anilines is 2. The lowest BCUT2D eigenvalue weighted by atomic mass is 9.92. The maximum atomic E-state index is 13.2. The summed E-state index contributed by atoms with van der Waals surface area (Å²) in [7, 11) is 0. The number of dihydropyridines is 1. The van der Waals surface area contributed by atoms with Crippen LogP contribution in [0.2, 0.25) is 0 Å². The maximum absolute atomic E-state index is 13.2. The summed E-state index contributed by atoms with van der Waals surface area (Å²) in [6.45, 7) is 2.90. The molecular formula is C22H21F3N6S. The minimum absolute atomic E-state index is 0.101. The Kier molecular flexibility index (Phi) is 5.21. The summed E-state index contributed by atoms with van der Waals surface area (Å²) in [5.74, 6) is 0.671. The third-order valence-electron chi connectivity index (χ3n) is 5.91. The molecule has 1 aromatic heterocycles. The fourth-order valence-electron chi connectivity index (χ4n) is 4.31. The Morgan fingerprint density at radius 2 is 2.09 bits per heavy atom. The van der Waals surface area contributed by atoms with Crippen LogP contribution in [-0.4, -0.2) is 33.4 Å². The SMILES string of the molecule is CC1=NC2NCCCC2C=C1Nc1ncc2c(n1)-c1ccc(C(F)(F)F)cc1NC(=S)C2. The van der Waals surface area contributed by atoms with Crippen LogP contribution in [0.25, 0.3) is 11.3 Å². The highest BCUT2D eigenvalue weighted by Crippen LogP contribution is 2.38. The van der Waals surface area contributed by atoms with Gasteiger partial charge in [-0.05, 0) is 38.4 Å². The Labute approximate surface area is 188 Å². The lowest BCUT2D eigenvalue weighted by Crippen LogP contribution is -2.42. The van der Waals surface area contributed by atoms with Gasteiger partial charge in [0.15, 0.2) is 0 Å². The van der Waals surface area contributed by atoms with E-state index in [-0.39, 0.29) is 6.17 Å². The van der Waals surface area contributed by atoms with Crippen LogP contribution in [0.5, 0.6) is 0 Å². The van der Waals surface area contributed by atoms with Gasteiger partial charge in [-0.25, -0.2) is 9.97 Å². The van der Waals surface area contributed by atoms with E-state index >= 15 is 0 Å². The van der Waals surface area contributed by atoms with Gasteiger partial charge >= 0.3 is 6.18 Å². The van der Waals surface area contributed by atoms with Crippen molar-refractivity contribution >= 4 is 34.6 Å². The second-order valence-corrected chi connectivity index (χ2v) is 8.67. The predicted octanol–water partition coefficient (Wildman–Crippen LogP) is 4.55. The molecule has 2 aromatic rings. The Balaban J connectivity index is 1.50. The summed E-state index contributed by atoms with van der Waals surface area (Å²) in [6.07, 6.45) is 1.99. The molecule has 0 spiro atoms. The van der Waals surface area contributed by atoms with Crippen molar-refractivity contribution < 1.29 is 13.2 Å². The van der Waals surface area contributed by atoms with Gasteiger partial charge in [0.1, 0.15) is 6.17 Å². The summed E-state index contributed by atoms with van der Waals surface area (Å²) in [6, 6.07) is 3.56. The Morgan fingerprint density at radius 3 is 2.91 bits per heavy atom. The van der Waals surface area contributed by atoms with Crippen molar-refractivity contribution in [2.75, 3.05) is 17.2 Å². The van der Waals surface area contributed by atoms with Crippen molar-refractivity contribution in [1.82, 2.24) is 15.3 Å². The van der Waals surface area contributed by atoms with E-state index in [1.807, 2.05) is 6.92 Å². The summed E-state index contributed by atoms with van der Waals surface area (Å²) in [4.78, 5) is 14.3. The van der Waals surface area contributed by atoms with E-state index in [0.29, 0.717) is 40.2 Å². The van der Waals surface area contributed by atoms with Crippen LogP contribution in [0, 0.1) is 5.92 Å². The van der Waals surface area contributed by atoms with Crippen LogP contribution < -0.4 is 16.0 Å². The van der Waals surface area contributed by atoms with Gasteiger partial charge in [0.25, 0.3) is 0 Å². The lowest BCUT2D eigenvalue weighted by molar-refractivity contribution is -0.137. The molecule has 4 heterocycles. The van der Waals surface area contributed by atoms with Crippen molar-refractivity contribution in [3.8, 4) is 11.3 Å². The highest BCUT2D eigenvalue weighted by molar-refractivity contribution is 7.80. The maximum Gasteiger partial charge on any atom is 0.416 e. The molecule has 32 heavy (non-hydrogen) atoms. The van der Waals surface area contributed by atoms with E-state index in [9.17, 15) is 13.2 Å². The van der Waals surface area contributed by atoms with E-state index in [4.69, 9.17) is 17.2 Å². The van der Waals surface area contributed by atoms with Crippen molar-refractivity contribution in [3.63, 3.8) is 0 Å². The number of nitrogens with one attached hydrogen (secondary N) is 3. The molecule has 166 valence electrons. The number of aliphatic imine (C=N–C) groups is 1. The Hall–Kier alpha value is -2.85. The molecule has 3 N–H and O–H groups in total. The molecule has 5 rings (SSSR count). The van der Waals surface area contributed by atoms with Gasteiger partial charge in [-0.1, -0.05) is 24.4 Å². The zero-order valence-corrected chi connectivity index (χ0v) is 18.1. The van der Waals surface area contributed by atoms with Gasteiger partial charge in [-0.3, -0.25) is 10.3 Å². The molecule has 2 unspecified atom stereocenters. The number of thiocarbonyl (C=S) groups is 1. The van der Waals surface area contributed by atoms with Gasteiger partial charge in [-0.15, -0.1) is 0 Å². The van der Waals surface area contributed by atoms with Crippen LogP contribution in [0.15, 0.2) is 41.2 Å². The standard InChI is InChI=1S/C22H21F3N6S/c1-11-16(7-12-3-2-6-26-20(12)28-11)30-21-27-10-13-8-18(32)29-17-9-14(22(23,24)25)4-5-15(17)19(13)31-21/h4-5,7,9-10,12,20,26H,2-3,6,8H2,1H3,(H,29,32)(H,27,30,31). The molecule has 2 atom stereocenters. The van der Waals surface area contributed by atoms with Crippen molar-refractivity contribution in [3.05, 3.63) is 47.3 Å². The van der Waals surface area contributed by atoms with Crippen molar-refractivity contribution in [2.45, 2.75) is 38.5 Å². The van der Waals surface area contributed by atoms with Gasteiger partial charge in [0, 0.05) is 35.3 Å². The van der Waals surface area contributed by atoms with Crippen molar-refractivity contribution in [1.29, 1.82) is 0 Å². The summed E-state index contributed by atoms with van der Waals surface area (Å²) in [5, 5.41) is 9.61. The summed E-state index contributed by atoms with van der Waals surface area (Å²) in [5.41, 5.74) is 3.13. The monoisotopic (exact) mass is 458 g/mol. The minimum Gasteiger partial charge on any atom is -0.349 e. The number of piperidine rings is 1. The van der Waals surface area contributed by atoms with Crippen LogP contribution in [0.1, 0.15) is 30.9 Å². The molecule has 10 heteroatoms. The number of halogens is 3. The molecule has 1 aromatic carbocycles. The third-order valence-corrected chi connectivity index (χ3v) is 6.16. The largest absolute Gasteiger partial charge is 0.416 e. The van der Waals surface area contributed by atoms with Gasteiger partial charge in [0.05, 0.1) is 27.7 Å². The van der Waals surface area contributed by atoms with Gasteiger partial charge < -0.3 is 10.6 Å². The van der Waals surface area contributed by atoms with Crippen LogP contribution in [0.3, 0.4) is 0 Å². The fourth-order valence-corrected chi connectivity index (χ4v) is 4.57. The Morgan fingerprint density at radius 1 is 1.25 bits per heavy atom. The molecular weight excluding hydrogens is 437 g/mol. The number of benzene rings is 1. The molecule has 3 aliphatic heterocycles. The first kappa shape index (κ1) is 21.0. The molecule has 0 aliphatic carbocycles. The smallest absolute Gasteiger partial charge is 0.349 e. The lowest BCUT2D eigenvalue weighted by Gasteiger charge is -2.32. The van der Waals surface area contributed by atoms with E-state index in [2.05, 4.69) is 32.0 Å². The topological polar surface area (TPSA) is 74.2 Å². The first-order valence-corrected chi connectivity index (χ1v) is 10.8. The zero-order chi connectivity index (χ0) is 22.5. The molecule has 0 radical (unpaired) electrons. The number of allylic oxidation sites excluding steroid dienone is 1. The first-order chi connectivity index (χ1) is 15.3. The quantitative estimate of drug-likeness (QED) is 0.574. The van der Waals surface area contributed by atoms with Crippen LogP contribution >= 0.6 is 12.2 Å². The molecule has 6 nitrogen and oxygen atoms in total. The zero-order valence-electron chi connectivity index (χ0n) is 17.3. The van der Waals surface area contributed by atoms with Crippen molar-refractivity contribution in [2.24, 2.45) is 10.9 Å². The predicted molar refractivity (Wildman–Crippen MR) is 122 cm³/mol. The average Bonchev–Trinajstić information content (AvgIpc) is 2.88. The summed E-state index contributed by atoms with van der Waals surface area (Å²) < 4.78 is 39.6. The normalized spacial score (nSPS) is 22.4. The molecule has 3 aliphatic rings. The number of nitrogens with zero attached hydrogens (tertiary/aromatic N) is 3. The number of aromatic nitrogens is 2. The highest BCUT2D eigenvalue weighted by atomic mass is 32.1. The van der Waals surface area contributed by atoms with E-state index < -0.39 is 11.7 Å². The molecule has 1 fully saturated rings. The molecule has 0 bridgehead atoms. The Bertz CT molecular complexity index is 1160. The van der Waals surface area contributed by atoms with Crippen LogP contribution in [-0.2, 0) is 12.6 Å². The number of fused-ring (bicyclic) bond motifs is 4. The average molecular weight is 459 g/mol. The minimum atomic E-state index is -4.44. The first-order valence-electron chi connectivity index (χ1n) is 10.4. The third kappa shape index (κ3) is 4.00. The summed E-state index contributed by atoms with van der Waals surface area (Å²) >= 11 is 5.32. The second kappa shape index (κ2) is 7.93. The van der Waals surface area contributed by atoms with E-state index in [1.54, 1.807) is 6.20 Å². The number of rotatable bonds is 2. The molecule has 1 saturated heterocycles. The highest BCUT2D eigenvalue weighted by Gasteiger charge is 2.32. The van der Waals surface area contributed by atoms with Gasteiger partial charge in [-0.2, -0.15) is 13.2 Å². The van der Waals surface area contributed by atoms with Crippen LogP contribution in [0.4, 0.5) is 24.8 Å². The van der Waals surface area contributed by atoms with E-state index in [1.165, 1.54) is 6.07 Å². The van der Waals surface area contributed by atoms with E-state index in [0.717, 1.165) is 48.5 Å². The molecule has 0 amide bonds. The van der Waals surface area contributed by atoms with Gasteiger partial charge in [0.2, 0.25) is 5.95 Å². The second-order valence-electron chi connectivity index (χ2n) is 8.18.